The van der Waals surface area contributed by atoms with Crippen LogP contribution in [-0.2, 0) is 0 Å². The summed E-state index contributed by atoms with van der Waals surface area (Å²) in [5.41, 5.74) is -2.30. The van der Waals surface area contributed by atoms with Gasteiger partial charge in [-0.25, -0.2) is 0 Å². The highest BCUT2D eigenvalue weighted by Crippen LogP contribution is 2.45. The highest BCUT2D eigenvalue weighted by Gasteiger charge is 2.62. The molecule has 5 nitrogen and oxygen atoms in total. The molecule has 0 spiro atoms. The molecule has 2 aliphatic rings. The average molecular weight is 212 g/mol. The molecule has 1 aliphatic heterocycles. The van der Waals surface area contributed by atoms with Gasteiger partial charge in [-0.15, -0.1) is 0 Å². The van der Waals surface area contributed by atoms with Gasteiger partial charge < -0.3 is 15.4 Å². The van der Waals surface area contributed by atoms with E-state index in [-0.39, 0.29) is 5.70 Å². The smallest absolute Gasteiger partial charge is 0.260 e. The quantitative estimate of drug-likeness (QED) is 0.617. The summed E-state index contributed by atoms with van der Waals surface area (Å²) in [5, 5.41) is 22.9. The largest absolute Gasteiger partial charge is 0.756 e. The monoisotopic (exact) mass is 212 g/mol. The summed E-state index contributed by atoms with van der Waals surface area (Å²) in [4.78, 5) is 11.8. The van der Waals surface area contributed by atoms with Gasteiger partial charge in [0.2, 0.25) is 6.20 Å². The molecule has 2 atom stereocenters. The summed E-state index contributed by atoms with van der Waals surface area (Å²) in [6, 6.07) is 0. The summed E-state index contributed by atoms with van der Waals surface area (Å²) in [7, 11) is 0. The molecule has 15 heavy (non-hydrogen) atoms. The van der Waals surface area contributed by atoms with Crippen molar-refractivity contribution in [1.29, 1.82) is 0 Å². The van der Waals surface area contributed by atoms with E-state index in [4.69, 9.17) is 0 Å². The number of hydroxylamine groups is 2. The number of fused-ring (bicyclic) bond motifs is 1. The Morgan fingerprint density at radius 3 is 2.80 bits per heavy atom. The molecule has 0 bridgehead atoms. The third-order valence-electron chi connectivity index (χ3n) is 3.75. The molecule has 0 saturated heterocycles. The first-order valence-corrected chi connectivity index (χ1v) is 5.26. The van der Waals surface area contributed by atoms with Crippen molar-refractivity contribution in [3.63, 3.8) is 0 Å². The lowest BCUT2D eigenvalue weighted by atomic mass is 9.74. The third kappa shape index (κ3) is 1.16. The lowest BCUT2D eigenvalue weighted by Gasteiger charge is -2.54. The van der Waals surface area contributed by atoms with Crippen LogP contribution in [0.3, 0.4) is 0 Å². The minimum Gasteiger partial charge on any atom is -0.756 e. The van der Waals surface area contributed by atoms with E-state index in [1.165, 1.54) is 6.20 Å². The molecule has 0 aromatic heterocycles. The molecule has 1 aliphatic carbocycles. The van der Waals surface area contributed by atoms with Crippen molar-refractivity contribution in [2.24, 2.45) is 0 Å². The summed E-state index contributed by atoms with van der Waals surface area (Å²) in [5.74, 6) is 0. The fourth-order valence-electron chi connectivity index (χ4n) is 2.57. The van der Waals surface area contributed by atoms with Crippen molar-refractivity contribution in [2.75, 3.05) is 0 Å². The van der Waals surface area contributed by atoms with Crippen LogP contribution < -0.4 is 0 Å². The summed E-state index contributed by atoms with van der Waals surface area (Å²) < 4.78 is 0.746. The molecule has 0 amide bonds. The fourth-order valence-corrected chi connectivity index (χ4v) is 2.57. The highest BCUT2D eigenvalue weighted by molar-refractivity contribution is 5.12. The van der Waals surface area contributed by atoms with Crippen LogP contribution in [0.2, 0.25) is 0 Å². The molecule has 1 saturated carbocycles. The zero-order chi connectivity index (χ0) is 11.3. The molecule has 1 fully saturated rings. The van der Waals surface area contributed by atoms with E-state index in [1.54, 1.807) is 13.8 Å². The van der Waals surface area contributed by atoms with Crippen LogP contribution in [-0.4, -0.2) is 26.2 Å². The van der Waals surface area contributed by atoms with E-state index in [2.05, 4.69) is 0 Å². The molecular formula is C10H16N2O3. The Labute approximate surface area is 88.5 Å². The Morgan fingerprint density at radius 1 is 1.53 bits per heavy atom. The fraction of sp³-hybridized carbons (Fsp3) is 0.800. The Morgan fingerprint density at radius 2 is 2.13 bits per heavy atom. The van der Waals surface area contributed by atoms with E-state index >= 15 is 0 Å². The van der Waals surface area contributed by atoms with Gasteiger partial charge in [-0.3, -0.25) is 0 Å². The second-order valence-corrected chi connectivity index (χ2v) is 4.69. The zero-order valence-electron chi connectivity index (χ0n) is 9.06. The predicted molar refractivity (Wildman–Crippen MR) is 54.4 cm³/mol. The second-order valence-electron chi connectivity index (χ2n) is 4.69. The van der Waals surface area contributed by atoms with Crippen LogP contribution in [0.25, 0.3) is 0 Å². The number of rotatable bonds is 0. The van der Waals surface area contributed by atoms with Crippen molar-refractivity contribution in [3.8, 4) is 0 Å². The Kier molecular flexibility index (Phi) is 2.13. The van der Waals surface area contributed by atoms with Gasteiger partial charge >= 0.3 is 0 Å². The van der Waals surface area contributed by atoms with Gasteiger partial charge in [-0.05, 0) is 19.8 Å². The maximum Gasteiger partial charge on any atom is 0.260 e. The van der Waals surface area contributed by atoms with E-state index in [0.717, 1.165) is 17.6 Å². The number of nitroso groups, excluding NO2 is 1. The number of aliphatic hydroxyl groups is 1. The van der Waals surface area contributed by atoms with Crippen LogP contribution in [0.1, 0.15) is 39.5 Å². The molecule has 2 rings (SSSR count). The first-order valence-electron chi connectivity index (χ1n) is 5.26. The molecule has 0 aromatic rings. The number of hydrogen-bond acceptors (Lipinski definition) is 4. The highest BCUT2D eigenvalue weighted by atomic mass is 16.5. The molecule has 0 aromatic carbocycles. The Balaban J connectivity index is 2.52. The minimum absolute atomic E-state index is 0.270. The predicted octanol–water partition coefficient (Wildman–Crippen LogP) is 1.46. The van der Waals surface area contributed by atoms with Crippen molar-refractivity contribution in [1.82, 2.24) is 5.06 Å². The SMILES string of the molecule is CC1=C[N+](=O)C2(C)CCCCC2(O)N1[O-]. The van der Waals surface area contributed by atoms with Gasteiger partial charge in [-0.2, -0.15) is 0 Å². The summed E-state index contributed by atoms with van der Waals surface area (Å²) in [6.07, 6.45) is 3.84. The van der Waals surface area contributed by atoms with E-state index in [0.29, 0.717) is 17.9 Å². The first kappa shape index (κ1) is 10.6. The summed E-state index contributed by atoms with van der Waals surface area (Å²) >= 11 is 0. The van der Waals surface area contributed by atoms with Gasteiger partial charge in [-0.1, -0.05) is 0 Å². The lowest BCUT2D eigenvalue weighted by Crippen LogP contribution is -2.68. The Hall–Kier alpha value is -0.940. The van der Waals surface area contributed by atoms with E-state index < -0.39 is 11.3 Å². The molecule has 1 heterocycles. The Bertz CT molecular complexity index is 342. The number of hydrogen-bond donors (Lipinski definition) is 1. The molecule has 0 radical (unpaired) electrons. The van der Waals surface area contributed by atoms with Crippen molar-refractivity contribution >= 4 is 0 Å². The van der Waals surface area contributed by atoms with Crippen molar-refractivity contribution in [3.05, 3.63) is 22.0 Å². The molecule has 2 unspecified atom stereocenters. The molecule has 84 valence electrons. The average Bonchev–Trinajstić information content (AvgIpc) is 2.19. The summed E-state index contributed by atoms with van der Waals surface area (Å²) in [6.45, 7) is 3.21. The standard InChI is InChI=1S/C10H16N2O3/c1-8-7-11(14)9(2)5-3-4-6-10(9,13)12(8)15/h7,13H,3-6H2,1-2H3. The van der Waals surface area contributed by atoms with Crippen LogP contribution in [0, 0.1) is 10.1 Å². The van der Waals surface area contributed by atoms with Gasteiger partial charge in [0.25, 0.3) is 5.54 Å². The van der Waals surface area contributed by atoms with Crippen LogP contribution in [0.15, 0.2) is 11.9 Å². The van der Waals surface area contributed by atoms with Gasteiger partial charge in [0.05, 0.1) is 5.70 Å². The maximum absolute atomic E-state index is 11.9. The first-order chi connectivity index (χ1) is 6.92. The molecule has 1 N–H and O–H groups in total. The second kappa shape index (κ2) is 3.02. The van der Waals surface area contributed by atoms with Crippen molar-refractivity contribution in [2.45, 2.75) is 50.8 Å². The number of nitrogens with zero attached hydrogens (tertiary/aromatic N) is 2. The third-order valence-corrected chi connectivity index (χ3v) is 3.75. The van der Waals surface area contributed by atoms with Gasteiger partial charge in [0.15, 0.2) is 5.72 Å². The van der Waals surface area contributed by atoms with Crippen molar-refractivity contribution < 1.29 is 9.87 Å². The van der Waals surface area contributed by atoms with Crippen LogP contribution >= 0.6 is 0 Å². The van der Waals surface area contributed by atoms with E-state index in [9.17, 15) is 15.2 Å². The van der Waals surface area contributed by atoms with Crippen LogP contribution in [0.5, 0.6) is 0 Å². The van der Waals surface area contributed by atoms with Gasteiger partial charge in [0.1, 0.15) is 0 Å². The van der Waals surface area contributed by atoms with E-state index in [1.807, 2.05) is 0 Å². The number of allylic oxidation sites excluding steroid dienone is 1. The lowest BCUT2D eigenvalue weighted by molar-refractivity contribution is -0.611. The topological polar surface area (TPSA) is 66.6 Å². The molecule has 5 heteroatoms. The minimum atomic E-state index is -1.56. The molecular weight excluding hydrogens is 196 g/mol. The maximum atomic E-state index is 11.9. The van der Waals surface area contributed by atoms with Gasteiger partial charge in [0, 0.05) is 29.4 Å². The zero-order valence-corrected chi connectivity index (χ0v) is 9.06. The normalized spacial score (nSPS) is 41.2. The van der Waals surface area contributed by atoms with Crippen LogP contribution in [0.4, 0.5) is 0 Å².